The summed E-state index contributed by atoms with van der Waals surface area (Å²) in [5, 5.41) is -2.12. The molecule has 0 spiro atoms. The third-order valence-corrected chi connectivity index (χ3v) is 3.33. The van der Waals surface area contributed by atoms with Crippen molar-refractivity contribution in [2.24, 2.45) is 4.99 Å². The fourth-order valence-corrected chi connectivity index (χ4v) is 1.48. The summed E-state index contributed by atoms with van der Waals surface area (Å²) in [5.41, 5.74) is 2.15. The number of hydrogen-bond donors (Lipinski definition) is 0. The molecule has 0 saturated heterocycles. The molecule has 0 N–H and O–H groups in total. The largest absolute Gasteiger partial charge is 0.298 e. The van der Waals surface area contributed by atoms with Gasteiger partial charge in [-0.1, -0.05) is 30.8 Å². The Morgan fingerprint density at radius 1 is 1.47 bits per heavy atom. The first-order chi connectivity index (χ1) is 8.90. The van der Waals surface area contributed by atoms with E-state index in [4.69, 9.17) is 0 Å². The Labute approximate surface area is 115 Å². The van der Waals surface area contributed by atoms with E-state index in [2.05, 4.69) is 11.6 Å². The van der Waals surface area contributed by atoms with Gasteiger partial charge in [-0.25, -0.2) is 4.39 Å². The molecular formula is C14H15F2NOS. The zero-order valence-electron chi connectivity index (χ0n) is 10.8. The molecule has 102 valence electrons. The van der Waals surface area contributed by atoms with Crippen LogP contribution in [0.25, 0.3) is 0 Å². The quantitative estimate of drug-likeness (QED) is 0.445. The molecule has 0 amide bonds. The Morgan fingerprint density at radius 2 is 2.05 bits per heavy atom. The van der Waals surface area contributed by atoms with E-state index in [9.17, 15) is 13.1 Å². The Kier molecular flexibility index (Phi) is 5.42. The lowest BCUT2D eigenvalue weighted by Crippen LogP contribution is -2.16. The summed E-state index contributed by atoms with van der Waals surface area (Å²) >= 11 is -0.387. The predicted octanol–water partition coefficient (Wildman–Crippen LogP) is 4.17. The fourth-order valence-electron chi connectivity index (χ4n) is 1.30. The van der Waals surface area contributed by atoms with E-state index in [0.29, 0.717) is 11.3 Å². The van der Waals surface area contributed by atoms with Crippen molar-refractivity contribution in [2.75, 3.05) is 6.54 Å². The van der Waals surface area contributed by atoms with Crippen LogP contribution in [0.4, 0.5) is 8.28 Å². The molecule has 1 rings (SSSR count). The van der Waals surface area contributed by atoms with E-state index in [1.54, 1.807) is 31.2 Å². The van der Waals surface area contributed by atoms with E-state index in [0.717, 1.165) is 18.8 Å². The van der Waals surface area contributed by atoms with E-state index in [1.165, 1.54) is 0 Å². The number of alkyl halides is 1. The molecule has 2 nitrogen and oxygen atoms in total. The first-order valence-corrected chi connectivity index (χ1v) is 6.36. The summed E-state index contributed by atoms with van der Waals surface area (Å²) in [7, 11) is 0. The first-order valence-electron chi connectivity index (χ1n) is 5.64. The fraction of sp³-hybridized carbons (Fsp3) is 0.286. The highest BCUT2D eigenvalue weighted by Gasteiger charge is 2.28. The molecule has 1 atom stereocenters. The van der Waals surface area contributed by atoms with Crippen LogP contribution >= 0.6 is 12.1 Å². The lowest BCUT2D eigenvalue weighted by molar-refractivity contribution is 0.112. The molecule has 19 heavy (non-hydrogen) atoms. The van der Waals surface area contributed by atoms with Gasteiger partial charge < -0.3 is 0 Å². The van der Waals surface area contributed by atoms with Crippen LogP contribution in [0.15, 0.2) is 41.4 Å². The van der Waals surface area contributed by atoms with Gasteiger partial charge in [0, 0.05) is 11.3 Å². The van der Waals surface area contributed by atoms with Gasteiger partial charge in [0.15, 0.2) is 0 Å². The van der Waals surface area contributed by atoms with Gasteiger partial charge in [-0.2, -0.15) is 3.89 Å². The van der Waals surface area contributed by atoms with Gasteiger partial charge in [-0.3, -0.25) is 9.79 Å². The maximum atomic E-state index is 13.5. The molecular weight excluding hydrogens is 268 g/mol. The highest BCUT2D eigenvalue weighted by Crippen LogP contribution is 2.34. The minimum Gasteiger partial charge on any atom is -0.298 e. The lowest BCUT2D eigenvalue weighted by atomic mass is 10.1. The van der Waals surface area contributed by atoms with Crippen molar-refractivity contribution in [2.45, 2.75) is 18.8 Å². The molecule has 0 aromatic heterocycles. The Bertz CT molecular complexity index is 495. The molecule has 0 aliphatic carbocycles. The molecule has 0 fully saturated rings. The molecule has 5 heteroatoms. The van der Waals surface area contributed by atoms with Gasteiger partial charge in [0.1, 0.15) is 6.29 Å². The molecule has 1 aromatic carbocycles. The number of halogens is 2. The maximum Gasteiger partial charge on any atom is 0.206 e. The lowest BCUT2D eigenvalue weighted by Gasteiger charge is -2.16. The number of benzene rings is 1. The van der Waals surface area contributed by atoms with Crippen molar-refractivity contribution in [1.82, 2.24) is 0 Å². The molecule has 0 radical (unpaired) electrons. The van der Waals surface area contributed by atoms with Crippen LogP contribution in [0.1, 0.15) is 29.8 Å². The molecule has 0 bridgehead atoms. The van der Waals surface area contributed by atoms with Crippen molar-refractivity contribution >= 4 is 24.1 Å². The van der Waals surface area contributed by atoms with Crippen molar-refractivity contribution in [3.8, 4) is 0 Å². The van der Waals surface area contributed by atoms with Gasteiger partial charge in [0.25, 0.3) is 0 Å². The van der Waals surface area contributed by atoms with E-state index in [-0.39, 0.29) is 24.3 Å². The third-order valence-electron chi connectivity index (χ3n) is 2.75. The Balaban J connectivity index is 2.76. The topological polar surface area (TPSA) is 29.4 Å². The number of aldehydes is 1. The van der Waals surface area contributed by atoms with Crippen LogP contribution in [0, 0.1) is 0 Å². The number of aliphatic imine (C=N–C) groups is 1. The second kappa shape index (κ2) is 6.61. The number of carbonyl (C=O) groups excluding carboxylic acids is 1. The maximum absolute atomic E-state index is 13.5. The van der Waals surface area contributed by atoms with Crippen LogP contribution in [-0.2, 0) is 0 Å². The number of nitrogens with zero attached hydrogens (tertiary/aromatic N) is 1. The minimum absolute atomic E-state index is 0.0190. The Morgan fingerprint density at radius 3 is 2.53 bits per heavy atom. The summed E-state index contributed by atoms with van der Waals surface area (Å²) in [6.07, 6.45) is 0.755. The summed E-state index contributed by atoms with van der Waals surface area (Å²) < 4.78 is 25.9. The van der Waals surface area contributed by atoms with Gasteiger partial charge in [0.2, 0.25) is 5.00 Å². The molecule has 1 unspecified atom stereocenters. The molecule has 0 heterocycles. The Hall–Kier alpha value is -1.49. The van der Waals surface area contributed by atoms with Crippen LogP contribution < -0.4 is 0 Å². The highest BCUT2D eigenvalue weighted by molar-refractivity contribution is 7.95. The summed E-state index contributed by atoms with van der Waals surface area (Å²) in [4.78, 5) is 14.7. The van der Waals surface area contributed by atoms with Gasteiger partial charge in [0.05, 0.1) is 18.7 Å². The third kappa shape index (κ3) is 4.28. The highest BCUT2D eigenvalue weighted by atomic mass is 32.2. The average Bonchev–Trinajstić information content (AvgIpc) is 2.44. The standard InChI is InChI=1S/C14H15F2NOS/c1-10(14(3,15)19-16)8-17-11(2)13-6-4-12(9-18)5-7-13/h4-7,9H,1,8H2,2-3H3. The smallest absolute Gasteiger partial charge is 0.206 e. The predicted molar refractivity (Wildman–Crippen MR) is 76.3 cm³/mol. The average molecular weight is 283 g/mol. The zero-order valence-corrected chi connectivity index (χ0v) is 11.6. The van der Waals surface area contributed by atoms with Crippen molar-refractivity contribution in [1.29, 1.82) is 0 Å². The second-order valence-corrected chi connectivity index (χ2v) is 5.16. The van der Waals surface area contributed by atoms with Crippen molar-refractivity contribution in [3.63, 3.8) is 0 Å². The van der Waals surface area contributed by atoms with Crippen LogP contribution in [0.3, 0.4) is 0 Å². The second-order valence-electron chi connectivity index (χ2n) is 4.24. The molecule has 0 aliphatic rings. The van der Waals surface area contributed by atoms with E-state index >= 15 is 0 Å². The van der Waals surface area contributed by atoms with Gasteiger partial charge in [-0.15, -0.1) is 0 Å². The minimum atomic E-state index is -2.12. The van der Waals surface area contributed by atoms with E-state index in [1.807, 2.05) is 0 Å². The van der Waals surface area contributed by atoms with Gasteiger partial charge >= 0.3 is 0 Å². The van der Waals surface area contributed by atoms with Crippen molar-refractivity contribution in [3.05, 3.63) is 47.5 Å². The number of carbonyl (C=O) groups is 1. The summed E-state index contributed by atoms with van der Waals surface area (Å²) in [6, 6.07) is 6.85. The van der Waals surface area contributed by atoms with Gasteiger partial charge in [-0.05, 0) is 25.0 Å². The molecule has 1 aromatic rings. The van der Waals surface area contributed by atoms with Crippen LogP contribution in [0.5, 0.6) is 0 Å². The number of hydrogen-bond acceptors (Lipinski definition) is 3. The SMILES string of the molecule is C=C(CN=C(C)c1ccc(C=O)cc1)C(C)(F)SF. The normalized spacial score (nSPS) is 14.8. The zero-order chi connectivity index (χ0) is 14.5. The monoisotopic (exact) mass is 283 g/mol. The van der Waals surface area contributed by atoms with Crippen LogP contribution in [-0.4, -0.2) is 23.5 Å². The summed E-state index contributed by atoms with van der Waals surface area (Å²) in [5.74, 6) is 0. The van der Waals surface area contributed by atoms with Crippen LogP contribution in [0.2, 0.25) is 0 Å². The van der Waals surface area contributed by atoms with Crippen molar-refractivity contribution < 1.29 is 13.1 Å². The molecule has 0 saturated carbocycles. The first kappa shape index (κ1) is 15.6. The summed E-state index contributed by atoms with van der Waals surface area (Å²) in [6.45, 7) is 6.40. The number of rotatable bonds is 6. The van der Waals surface area contributed by atoms with E-state index < -0.39 is 5.00 Å². The molecule has 0 aliphatic heterocycles.